The lowest BCUT2D eigenvalue weighted by atomic mass is 10.3. The molecule has 1 rings (SSSR count). The lowest BCUT2D eigenvalue weighted by molar-refractivity contribution is 0.432. The summed E-state index contributed by atoms with van der Waals surface area (Å²) in [7, 11) is 0.373. The summed E-state index contributed by atoms with van der Waals surface area (Å²) in [6.07, 6.45) is 0. The zero-order chi connectivity index (χ0) is 12.3. The van der Waals surface area contributed by atoms with Crippen LogP contribution < -0.4 is 5.73 Å². The Morgan fingerprint density at radius 2 is 2.00 bits per heavy atom. The Labute approximate surface area is 101 Å². The largest absolute Gasteiger partial charge is 0.398 e. The first-order valence-corrected chi connectivity index (χ1v) is 6.78. The zero-order valence-corrected chi connectivity index (χ0v) is 10.8. The van der Waals surface area contributed by atoms with Gasteiger partial charge in [0.1, 0.15) is 0 Å². The van der Waals surface area contributed by atoms with Gasteiger partial charge in [-0.3, -0.25) is 0 Å². The highest BCUT2D eigenvalue weighted by molar-refractivity contribution is 7.91. The summed E-state index contributed by atoms with van der Waals surface area (Å²) in [6.45, 7) is 0.477. The summed E-state index contributed by atoms with van der Waals surface area (Å²) in [6, 6.07) is 4.37. The van der Waals surface area contributed by atoms with Crippen molar-refractivity contribution in [3.63, 3.8) is 0 Å². The molecule has 0 amide bonds. The lowest BCUT2D eigenvalue weighted by Crippen LogP contribution is -2.22. The van der Waals surface area contributed by atoms with Gasteiger partial charge in [0.15, 0.2) is 9.84 Å². The summed E-state index contributed by atoms with van der Waals surface area (Å²) in [4.78, 5) is 2.03. The molecule has 0 bridgehead atoms. The molecule has 0 saturated heterocycles. The molecule has 6 heteroatoms. The maximum absolute atomic E-state index is 11.9. The number of hydrogen-bond donors (Lipinski definition) is 1. The normalized spacial score (nSPS) is 12.0. The van der Waals surface area contributed by atoms with Gasteiger partial charge < -0.3 is 10.6 Å². The van der Waals surface area contributed by atoms with Gasteiger partial charge in [-0.1, -0.05) is 11.6 Å². The Morgan fingerprint density at radius 1 is 1.38 bits per heavy atom. The minimum Gasteiger partial charge on any atom is -0.398 e. The lowest BCUT2D eigenvalue weighted by Gasteiger charge is -2.10. The van der Waals surface area contributed by atoms with Crippen molar-refractivity contribution in [2.45, 2.75) is 4.90 Å². The molecule has 0 radical (unpaired) electrons. The van der Waals surface area contributed by atoms with Crippen molar-refractivity contribution in [3.05, 3.63) is 23.2 Å². The molecule has 0 aliphatic rings. The maximum Gasteiger partial charge on any atom is 0.179 e. The van der Waals surface area contributed by atoms with E-state index >= 15 is 0 Å². The van der Waals surface area contributed by atoms with Gasteiger partial charge in [-0.15, -0.1) is 0 Å². The standard InChI is InChI=1S/C10H15ClN2O2S/c1-13(2)5-6-16(14,15)8-3-4-10(12)9(11)7-8/h3-4,7H,5-6,12H2,1-2H3. The van der Waals surface area contributed by atoms with Gasteiger partial charge in [0, 0.05) is 6.54 Å². The molecule has 0 unspecified atom stereocenters. The van der Waals surface area contributed by atoms with Crippen LogP contribution in [0.3, 0.4) is 0 Å². The first kappa shape index (κ1) is 13.3. The molecule has 16 heavy (non-hydrogen) atoms. The summed E-state index contributed by atoms with van der Waals surface area (Å²) in [5.74, 6) is 0.0697. The molecule has 0 saturated carbocycles. The molecule has 0 fully saturated rings. The van der Waals surface area contributed by atoms with Crippen LogP contribution in [-0.4, -0.2) is 39.7 Å². The molecule has 2 N–H and O–H groups in total. The molecular weight excluding hydrogens is 248 g/mol. The fraction of sp³-hybridized carbons (Fsp3) is 0.400. The Hall–Kier alpha value is -0.780. The predicted octanol–water partition coefficient (Wildman–Crippen LogP) is 1.26. The van der Waals surface area contributed by atoms with Gasteiger partial charge in [0.05, 0.1) is 21.4 Å². The number of benzene rings is 1. The molecule has 0 aliphatic heterocycles. The highest BCUT2D eigenvalue weighted by atomic mass is 35.5. The van der Waals surface area contributed by atoms with E-state index in [0.717, 1.165) is 0 Å². The SMILES string of the molecule is CN(C)CCS(=O)(=O)c1ccc(N)c(Cl)c1. The monoisotopic (exact) mass is 262 g/mol. The van der Waals surface area contributed by atoms with Crippen LogP contribution in [0, 0.1) is 0 Å². The van der Waals surface area contributed by atoms with Gasteiger partial charge in [0.2, 0.25) is 0 Å². The molecule has 0 aromatic heterocycles. The second kappa shape index (κ2) is 5.03. The van der Waals surface area contributed by atoms with Crippen LogP contribution >= 0.6 is 11.6 Å². The van der Waals surface area contributed by atoms with E-state index < -0.39 is 9.84 Å². The maximum atomic E-state index is 11.9. The van der Waals surface area contributed by atoms with Crippen LogP contribution in [0.25, 0.3) is 0 Å². The first-order valence-electron chi connectivity index (χ1n) is 4.75. The van der Waals surface area contributed by atoms with E-state index in [0.29, 0.717) is 12.2 Å². The highest BCUT2D eigenvalue weighted by Gasteiger charge is 2.15. The minimum atomic E-state index is -3.28. The van der Waals surface area contributed by atoms with E-state index in [2.05, 4.69) is 0 Å². The number of nitrogen functional groups attached to an aromatic ring is 1. The van der Waals surface area contributed by atoms with Crippen molar-refractivity contribution in [2.75, 3.05) is 32.1 Å². The minimum absolute atomic E-state index is 0.0697. The fourth-order valence-corrected chi connectivity index (χ4v) is 2.78. The van der Waals surface area contributed by atoms with E-state index in [1.165, 1.54) is 18.2 Å². The van der Waals surface area contributed by atoms with Gasteiger partial charge in [-0.2, -0.15) is 0 Å². The van der Waals surface area contributed by atoms with Gasteiger partial charge >= 0.3 is 0 Å². The number of nitrogens with two attached hydrogens (primary N) is 1. The number of hydrogen-bond acceptors (Lipinski definition) is 4. The Balaban J connectivity index is 2.94. The van der Waals surface area contributed by atoms with Crippen molar-refractivity contribution in [1.29, 1.82) is 0 Å². The fourth-order valence-electron chi connectivity index (χ4n) is 1.12. The van der Waals surface area contributed by atoms with Crippen molar-refractivity contribution >= 4 is 27.1 Å². The average molecular weight is 263 g/mol. The van der Waals surface area contributed by atoms with Gasteiger partial charge in [-0.25, -0.2) is 8.42 Å². The summed E-state index contributed by atoms with van der Waals surface area (Å²) in [5, 5.41) is 0.269. The Bertz CT molecular complexity index is 472. The highest BCUT2D eigenvalue weighted by Crippen LogP contribution is 2.23. The number of anilines is 1. The summed E-state index contributed by atoms with van der Waals surface area (Å²) >= 11 is 5.78. The van der Waals surface area contributed by atoms with Gasteiger partial charge in [0.25, 0.3) is 0 Å². The second-order valence-electron chi connectivity index (χ2n) is 3.81. The smallest absolute Gasteiger partial charge is 0.179 e. The molecule has 4 nitrogen and oxygen atoms in total. The van der Waals surface area contributed by atoms with E-state index in [1.807, 2.05) is 19.0 Å². The van der Waals surface area contributed by atoms with Crippen molar-refractivity contribution < 1.29 is 8.42 Å². The van der Waals surface area contributed by atoms with E-state index in [1.54, 1.807) is 0 Å². The van der Waals surface area contributed by atoms with Crippen molar-refractivity contribution in [2.24, 2.45) is 0 Å². The topological polar surface area (TPSA) is 63.4 Å². The molecular formula is C10H15ClN2O2S. The zero-order valence-electron chi connectivity index (χ0n) is 9.27. The van der Waals surface area contributed by atoms with Crippen LogP contribution in [0.1, 0.15) is 0 Å². The van der Waals surface area contributed by atoms with Crippen LogP contribution in [0.5, 0.6) is 0 Å². The predicted molar refractivity (Wildman–Crippen MR) is 66.5 cm³/mol. The molecule has 0 aliphatic carbocycles. The van der Waals surface area contributed by atoms with Crippen LogP contribution in [-0.2, 0) is 9.84 Å². The number of nitrogens with zero attached hydrogens (tertiary/aromatic N) is 1. The number of halogens is 1. The third-order valence-corrected chi connectivity index (χ3v) is 4.16. The Morgan fingerprint density at radius 3 is 2.50 bits per heavy atom. The summed E-state index contributed by atoms with van der Waals surface area (Å²) in [5.41, 5.74) is 5.90. The molecule has 0 spiro atoms. The number of sulfone groups is 1. The second-order valence-corrected chi connectivity index (χ2v) is 6.32. The van der Waals surface area contributed by atoms with E-state index in [4.69, 9.17) is 17.3 Å². The third kappa shape index (κ3) is 3.37. The van der Waals surface area contributed by atoms with Crippen molar-refractivity contribution in [3.8, 4) is 0 Å². The average Bonchev–Trinajstić information content (AvgIpc) is 2.19. The van der Waals surface area contributed by atoms with E-state index in [9.17, 15) is 8.42 Å². The van der Waals surface area contributed by atoms with Crippen LogP contribution in [0.15, 0.2) is 23.1 Å². The molecule has 1 aromatic carbocycles. The quantitative estimate of drug-likeness (QED) is 0.830. The summed E-state index contributed by atoms with van der Waals surface area (Å²) < 4.78 is 23.7. The molecule has 1 aromatic rings. The first-order chi connectivity index (χ1) is 7.33. The van der Waals surface area contributed by atoms with E-state index in [-0.39, 0.29) is 15.7 Å². The molecule has 0 heterocycles. The van der Waals surface area contributed by atoms with Gasteiger partial charge in [-0.05, 0) is 32.3 Å². The Kier molecular flexibility index (Phi) is 4.18. The van der Waals surface area contributed by atoms with Crippen molar-refractivity contribution in [1.82, 2.24) is 4.90 Å². The van der Waals surface area contributed by atoms with Crippen LogP contribution in [0.4, 0.5) is 5.69 Å². The van der Waals surface area contributed by atoms with Crippen LogP contribution in [0.2, 0.25) is 5.02 Å². The molecule has 90 valence electrons. The number of rotatable bonds is 4. The third-order valence-electron chi connectivity index (χ3n) is 2.14. The molecule has 0 atom stereocenters.